The molecule has 2 aromatic rings. The van der Waals surface area contributed by atoms with Crippen molar-refractivity contribution < 1.29 is 9.18 Å². The van der Waals surface area contributed by atoms with E-state index >= 15 is 0 Å². The van der Waals surface area contributed by atoms with E-state index in [1.165, 1.54) is 12.1 Å². The molecule has 1 nitrogen and oxygen atoms in total. The van der Waals surface area contributed by atoms with Gasteiger partial charge in [0.15, 0.2) is 5.78 Å². The monoisotopic (exact) mass is 214 g/mol. The first-order chi connectivity index (χ1) is 7.68. The fraction of sp³-hybridized carbons (Fsp3) is 0.0714. The second kappa shape index (κ2) is 4.27. The Morgan fingerprint density at radius 3 is 2.38 bits per heavy atom. The Balaban J connectivity index is 2.42. The maximum atomic E-state index is 13.6. The molecular weight excluding hydrogens is 203 g/mol. The van der Waals surface area contributed by atoms with Gasteiger partial charge in [-0.3, -0.25) is 4.79 Å². The van der Waals surface area contributed by atoms with Crippen molar-refractivity contribution >= 4 is 5.78 Å². The Labute approximate surface area is 93.5 Å². The molecule has 0 spiro atoms. The maximum absolute atomic E-state index is 13.6. The van der Waals surface area contributed by atoms with Crippen LogP contribution in [0.1, 0.15) is 21.5 Å². The molecule has 0 heterocycles. The average Bonchev–Trinajstić information content (AvgIpc) is 2.29. The van der Waals surface area contributed by atoms with Crippen molar-refractivity contribution in [3.05, 3.63) is 71.0 Å². The number of rotatable bonds is 2. The minimum absolute atomic E-state index is 0.122. The molecule has 80 valence electrons. The van der Waals surface area contributed by atoms with Crippen LogP contribution < -0.4 is 0 Å². The summed E-state index contributed by atoms with van der Waals surface area (Å²) in [5, 5.41) is 0. The number of hydrogen-bond donors (Lipinski definition) is 0. The summed E-state index contributed by atoms with van der Waals surface area (Å²) in [6.07, 6.45) is 0. The zero-order valence-corrected chi connectivity index (χ0v) is 8.91. The zero-order chi connectivity index (χ0) is 11.5. The molecule has 16 heavy (non-hydrogen) atoms. The van der Waals surface area contributed by atoms with Gasteiger partial charge in [-0.2, -0.15) is 0 Å². The SMILES string of the molecule is Cc1ccc(C(=O)c2ccccc2)c(F)c1. The lowest BCUT2D eigenvalue weighted by Gasteiger charge is -2.03. The molecule has 2 heteroatoms. The number of halogens is 1. The van der Waals surface area contributed by atoms with Crippen LogP contribution in [0.15, 0.2) is 48.5 Å². The summed E-state index contributed by atoms with van der Waals surface area (Å²) >= 11 is 0. The average molecular weight is 214 g/mol. The van der Waals surface area contributed by atoms with Gasteiger partial charge >= 0.3 is 0 Å². The van der Waals surface area contributed by atoms with Crippen LogP contribution in [0.5, 0.6) is 0 Å². The van der Waals surface area contributed by atoms with Gasteiger partial charge in [-0.25, -0.2) is 4.39 Å². The minimum atomic E-state index is -0.464. The van der Waals surface area contributed by atoms with E-state index in [4.69, 9.17) is 0 Å². The van der Waals surface area contributed by atoms with Gasteiger partial charge < -0.3 is 0 Å². The van der Waals surface area contributed by atoms with Crippen molar-refractivity contribution in [1.29, 1.82) is 0 Å². The van der Waals surface area contributed by atoms with Crippen molar-refractivity contribution in [3.63, 3.8) is 0 Å². The third-order valence-corrected chi connectivity index (χ3v) is 2.41. The normalized spacial score (nSPS) is 10.1. The lowest BCUT2D eigenvalue weighted by molar-refractivity contribution is 0.103. The van der Waals surface area contributed by atoms with Gasteiger partial charge in [0.25, 0.3) is 0 Å². The van der Waals surface area contributed by atoms with Crippen LogP contribution in [0.2, 0.25) is 0 Å². The van der Waals surface area contributed by atoms with E-state index in [0.29, 0.717) is 5.56 Å². The third-order valence-electron chi connectivity index (χ3n) is 2.41. The van der Waals surface area contributed by atoms with Gasteiger partial charge in [0.1, 0.15) is 5.82 Å². The second-order valence-electron chi connectivity index (χ2n) is 3.68. The van der Waals surface area contributed by atoms with Gasteiger partial charge in [0.2, 0.25) is 0 Å². The van der Waals surface area contributed by atoms with Crippen molar-refractivity contribution in [1.82, 2.24) is 0 Å². The van der Waals surface area contributed by atoms with E-state index in [1.54, 1.807) is 37.3 Å². The van der Waals surface area contributed by atoms with Crippen LogP contribution in [0.4, 0.5) is 4.39 Å². The number of hydrogen-bond acceptors (Lipinski definition) is 1. The molecule has 0 aliphatic heterocycles. The first-order valence-corrected chi connectivity index (χ1v) is 5.04. The van der Waals surface area contributed by atoms with Gasteiger partial charge in [-0.1, -0.05) is 36.4 Å². The van der Waals surface area contributed by atoms with Crippen LogP contribution in [0.3, 0.4) is 0 Å². The number of benzene rings is 2. The van der Waals surface area contributed by atoms with Crippen LogP contribution in [0.25, 0.3) is 0 Å². The molecule has 0 saturated carbocycles. The van der Waals surface area contributed by atoms with Crippen LogP contribution in [-0.4, -0.2) is 5.78 Å². The predicted octanol–water partition coefficient (Wildman–Crippen LogP) is 3.37. The summed E-state index contributed by atoms with van der Waals surface area (Å²) < 4.78 is 13.6. The molecule has 0 atom stereocenters. The van der Waals surface area contributed by atoms with Crippen LogP contribution in [-0.2, 0) is 0 Å². The fourth-order valence-corrected chi connectivity index (χ4v) is 1.55. The van der Waals surface area contributed by atoms with Crippen molar-refractivity contribution in [3.8, 4) is 0 Å². The van der Waals surface area contributed by atoms with Crippen molar-refractivity contribution in [2.24, 2.45) is 0 Å². The quantitative estimate of drug-likeness (QED) is 0.700. The number of aryl methyl sites for hydroxylation is 1. The van der Waals surface area contributed by atoms with E-state index in [-0.39, 0.29) is 11.3 Å². The largest absolute Gasteiger partial charge is 0.288 e. The second-order valence-corrected chi connectivity index (χ2v) is 3.68. The van der Waals surface area contributed by atoms with Gasteiger partial charge in [0, 0.05) is 5.56 Å². The molecule has 2 rings (SSSR count). The first kappa shape index (κ1) is 10.6. The summed E-state index contributed by atoms with van der Waals surface area (Å²) in [6, 6.07) is 13.3. The number of carbonyl (C=O) groups excluding carboxylic acids is 1. The summed E-state index contributed by atoms with van der Waals surface area (Å²) in [4.78, 5) is 11.9. The van der Waals surface area contributed by atoms with Crippen LogP contribution in [0, 0.1) is 12.7 Å². The van der Waals surface area contributed by atoms with Crippen LogP contribution >= 0.6 is 0 Å². The topological polar surface area (TPSA) is 17.1 Å². The lowest BCUT2D eigenvalue weighted by atomic mass is 10.0. The molecule has 0 bridgehead atoms. The van der Waals surface area contributed by atoms with E-state index in [2.05, 4.69) is 0 Å². The molecule has 0 unspecified atom stereocenters. The molecule has 0 aliphatic rings. The standard InChI is InChI=1S/C14H11FO/c1-10-7-8-12(13(15)9-10)14(16)11-5-3-2-4-6-11/h2-9H,1H3. The van der Waals surface area contributed by atoms with Crippen molar-refractivity contribution in [2.45, 2.75) is 6.92 Å². The van der Waals surface area contributed by atoms with Gasteiger partial charge in [0.05, 0.1) is 5.56 Å². The molecule has 0 saturated heterocycles. The molecule has 0 aliphatic carbocycles. The molecule has 0 fully saturated rings. The molecule has 0 radical (unpaired) electrons. The number of carbonyl (C=O) groups is 1. The first-order valence-electron chi connectivity index (χ1n) is 5.04. The highest BCUT2D eigenvalue weighted by Gasteiger charge is 2.12. The summed E-state index contributed by atoms with van der Waals surface area (Å²) in [5.41, 5.74) is 1.43. The van der Waals surface area contributed by atoms with E-state index < -0.39 is 5.82 Å². The summed E-state index contributed by atoms with van der Waals surface area (Å²) in [7, 11) is 0. The fourth-order valence-electron chi connectivity index (χ4n) is 1.55. The van der Waals surface area contributed by atoms with Gasteiger partial charge in [-0.15, -0.1) is 0 Å². The molecule has 0 N–H and O–H groups in total. The molecule has 0 amide bonds. The molecular formula is C14H11FO. The Bertz CT molecular complexity index is 518. The highest BCUT2D eigenvalue weighted by atomic mass is 19.1. The minimum Gasteiger partial charge on any atom is -0.288 e. The van der Waals surface area contributed by atoms with E-state index in [9.17, 15) is 9.18 Å². The van der Waals surface area contributed by atoms with E-state index in [0.717, 1.165) is 5.56 Å². The smallest absolute Gasteiger partial charge is 0.195 e. The summed E-state index contributed by atoms with van der Waals surface area (Å²) in [5.74, 6) is -0.744. The Hall–Kier alpha value is -1.96. The Morgan fingerprint density at radius 1 is 1.06 bits per heavy atom. The lowest BCUT2D eigenvalue weighted by Crippen LogP contribution is -2.04. The third kappa shape index (κ3) is 2.01. The zero-order valence-electron chi connectivity index (χ0n) is 8.91. The highest BCUT2D eigenvalue weighted by Crippen LogP contribution is 2.14. The highest BCUT2D eigenvalue weighted by molar-refractivity contribution is 6.09. The maximum Gasteiger partial charge on any atom is 0.195 e. The number of ketones is 1. The van der Waals surface area contributed by atoms with Gasteiger partial charge in [-0.05, 0) is 24.6 Å². The Kier molecular flexibility index (Phi) is 2.82. The molecule has 2 aromatic carbocycles. The van der Waals surface area contributed by atoms with E-state index in [1.807, 2.05) is 6.07 Å². The Morgan fingerprint density at radius 2 is 1.75 bits per heavy atom. The van der Waals surface area contributed by atoms with Crippen molar-refractivity contribution in [2.75, 3.05) is 0 Å². The molecule has 0 aromatic heterocycles. The summed E-state index contributed by atoms with van der Waals surface area (Å²) in [6.45, 7) is 1.79. The predicted molar refractivity (Wildman–Crippen MR) is 61.0 cm³/mol.